The molecule has 1 aromatic heterocycles. The number of rotatable bonds is 5. The average Bonchev–Trinajstić information content (AvgIpc) is 2.94. The number of nitrogens with one attached hydrogen (secondary N) is 1. The standard InChI is InChI=1S/C15H23N3O2/c1-11(6-7-13-5-4-8-17(13)2)16-15(20)12-9-14(19)18(3)10-12/h4-5,8,11-12H,6-7,9-10H2,1-3H3,(H,16,20)/t11-,12-/m1/s1. The first kappa shape index (κ1) is 14.6. The first-order chi connectivity index (χ1) is 9.47. The van der Waals surface area contributed by atoms with Gasteiger partial charge >= 0.3 is 0 Å². The molecule has 0 aromatic carbocycles. The fourth-order valence-corrected chi connectivity index (χ4v) is 2.59. The first-order valence-electron chi connectivity index (χ1n) is 7.12. The highest BCUT2D eigenvalue weighted by Crippen LogP contribution is 2.16. The first-order valence-corrected chi connectivity index (χ1v) is 7.12. The van der Waals surface area contributed by atoms with Crippen LogP contribution in [0.2, 0.25) is 0 Å². The maximum Gasteiger partial charge on any atom is 0.225 e. The van der Waals surface area contributed by atoms with Gasteiger partial charge in [0.2, 0.25) is 11.8 Å². The SMILES string of the molecule is C[C@H](CCc1cccn1C)NC(=O)[C@@H]1CC(=O)N(C)C1. The second-order valence-corrected chi connectivity index (χ2v) is 5.73. The van der Waals surface area contributed by atoms with Crippen LogP contribution >= 0.6 is 0 Å². The lowest BCUT2D eigenvalue weighted by atomic mass is 10.1. The molecule has 0 unspecified atom stereocenters. The summed E-state index contributed by atoms with van der Waals surface area (Å²) in [4.78, 5) is 25.1. The van der Waals surface area contributed by atoms with E-state index in [0.717, 1.165) is 12.8 Å². The summed E-state index contributed by atoms with van der Waals surface area (Å²) in [5, 5.41) is 3.02. The number of carbonyl (C=O) groups excluding carboxylic acids is 2. The Morgan fingerprint density at radius 3 is 2.80 bits per heavy atom. The maximum atomic E-state index is 12.1. The number of carbonyl (C=O) groups is 2. The van der Waals surface area contributed by atoms with Crippen molar-refractivity contribution in [2.45, 2.75) is 32.2 Å². The molecule has 110 valence electrons. The molecule has 1 fully saturated rings. The van der Waals surface area contributed by atoms with E-state index in [4.69, 9.17) is 0 Å². The van der Waals surface area contributed by atoms with Gasteiger partial charge in [-0.25, -0.2) is 0 Å². The van der Waals surface area contributed by atoms with Gasteiger partial charge in [-0.2, -0.15) is 0 Å². The minimum atomic E-state index is -0.190. The van der Waals surface area contributed by atoms with Crippen LogP contribution in [-0.4, -0.2) is 40.9 Å². The van der Waals surface area contributed by atoms with Crippen molar-refractivity contribution in [1.29, 1.82) is 0 Å². The molecule has 1 saturated heterocycles. The molecule has 0 spiro atoms. The molecule has 0 saturated carbocycles. The number of likely N-dealkylation sites (tertiary alicyclic amines) is 1. The Morgan fingerprint density at radius 1 is 1.50 bits per heavy atom. The summed E-state index contributed by atoms with van der Waals surface area (Å²) in [7, 11) is 3.77. The Kier molecular flexibility index (Phi) is 4.47. The second kappa shape index (κ2) is 6.11. The zero-order valence-corrected chi connectivity index (χ0v) is 12.4. The van der Waals surface area contributed by atoms with Crippen LogP contribution in [0, 0.1) is 5.92 Å². The van der Waals surface area contributed by atoms with Crippen molar-refractivity contribution < 1.29 is 9.59 Å². The fraction of sp³-hybridized carbons (Fsp3) is 0.600. The van der Waals surface area contributed by atoms with Gasteiger partial charge in [-0.3, -0.25) is 9.59 Å². The van der Waals surface area contributed by atoms with Gasteiger partial charge in [-0.05, 0) is 31.9 Å². The summed E-state index contributed by atoms with van der Waals surface area (Å²) in [5.74, 6) is -0.131. The number of hydrogen-bond acceptors (Lipinski definition) is 2. The van der Waals surface area contributed by atoms with E-state index in [9.17, 15) is 9.59 Å². The van der Waals surface area contributed by atoms with Crippen LogP contribution in [0.1, 0.15) is 25.5 Å². The summed E-state index contributed by atoms with van der Waals surface area (Å²) in [6.07, 6.45) is 4.21. The van der Waals surface area contributed by atoms with Gasteiger partial charge < -0.3 is 14.8 Å². The molecule has 5 nitrogen and oxygen atoms in total. The largest absolute Gasteiger partial charge is 0.354 e. The van der Waals surface area contributed by atoms with E-state index in [1.54, 1.807) is 11.9 Å². The van der Waals surface area contributed by atoms with Crippen molar-refractivity contribution in [3.8, 4) is 0 Å². The molecule has 2 atom stereocenters. The number of amides is 2. The molecule has 0 bridgehead atoms. The highest BCUT2D eigenvalue weighted by molar-refractivity contribution is 5.89. The van der Waals surface area contributed by atoms with Crippen LogP contribution in [-0.2, 0) is 23.1 Å². The van der Waals surface area contributed by atoms with Crippen molar-refractivity contribution in [1.82, 2.24) is 14.8 Å². The van der Waals surface area contributed by atoms with Gasteiger partial charge in [0.25, 0.3) is 0 Å². The molecule has 0 aliphatic carbocycles. The number of nitrogens with zero attached hydrogens (tertiary/aromatic N) is 2. The summed E-state index contributed by atoms with van der Waals surface area (Å²) in [6.45, 7) is 2.55. The van der Waals surface area contributed by atoms with Crippen LogP contribution in [0.25, 0.3) is 0 Å². The van der Waals surface area contributed by atoms with E-state index < -0.39 is 0 Å². The third-order valence-electron chi connectivity index (χ3n) is 3.99. The van der Waals surface area contributed by atoms with Gasteiger partial charge in [-0.15, -0.1) is 0 Å². The minimum Gasteiger partial charge on any atom is -0.354 e. The van der Waals surface area contributed by atoms with Crippen LogP contribution < -0.4 is 5.32 Å². The van der Waals surface area contributed by atoms with Gasteiger partial charge in [0, 0.05) is 45.0 Å². The summed E-state index contributed by atoms with van der Waals surface area (Å²) < 4.78 is 2.10. The minimum absolute atomic E-state index is 0.00193. The molecule has 0 radical (unpaired) electrons. The van der Waals surface area contributed by atoms with E-state index in [2.05, 4.69) is 16.0 Å². The molecule has 2 amide bonds. The maximum absolute atomic E-state index is 12.1. The quantitative estimate of drug-likeness (QED) is 0.871. The van der Waals surface area contributed by atoms with Crippen molar-refractivity contribution in [3.63, 3.8) is 0 Å². The van der Waals surface area contributed by atoms with Gasteiger partial charge in [0.15, 0.2) is 0 Å². The summed E-state index contributed by atoms with van der Waals surface area (Å²) >= 11 is 0. The predicted octanol–water partition coefficient (Wildman–Crippen LogP) is 0.941. The van der Waals surface area contributed by atoms with Crippen LogP contribution in [0.5, 0.6) is 0 Å². The summed E-state index contributed by atoms with van der Waals surface area (Å²) in [6, 6.07) is 4.25. The number of aromatic nitrogens is 1. The highest BCUT2D eigenvalue weighted by atomic mass is 16.2. The normalized spacial score (nSPS) is 20.2. The Balaban J connectivity index is 1.77. The lowest BCUT2D eigenvalue weighted by molar-refractivity contribution is -0.128. The molecular weight excluding hydrogens is 254 g/mol. The zero-order chi connectivity index (χ0) is 14.7. The molecule has 2 heterocycles. The predicted molar refractivity (Wildman–Crippen MR) is 77.1 cm³/mol. The van der Waals surface area contributed by atoms with Crippen molar-refractivity contribution in [2.24, 2.45) is 13.0 Å². The van der Waals surface area contributed by atoms with E-state index in [-0.39, 0.29) is 23.8 Å². The van der Waals surface area contributed by atoms with Gasteiger partial charge in [-0.1, -0.05) is 0 Å². The Hall–Kier alpha value is -1.78. The van der Waals surface area contributed by atoms with Crippen molar-refractivity contribution in [3.05, 3.63) is 24.0 Å². The van der Waals surface area contributed by atoms with E-state index in [0.29, 0.717) is 13.0 Å². The highest BCUT2D eigenvalue weighted by Gasteiger charge is 2.32. The Labute approximate surface area is 119 Å². The number of aryl methyl sites for hydroxylation is 2. The Bertz CT molecular complexity index is 495. The third-order valence-corrected chi connectivity index (χ3v) is 3.99. The molecule has 1 aromatic rings. The Morgan fingerprint density at radius 2 is 2.25 bits per heavy atom. The van der Waals surface area contributed by atoms with Crippen molar-refractivity contribution in [2.75, 3.05) is 13.6 Å². The molecule has 1 N–H and O–H groups in total. The summed E-state index contributed by atoms with van der Waals surface area (Å²) in [5.41, 5.74) is 1.27. The van der Waals surface area contributed by atoms with E-state index in [1.807, 2.05) is 26.2 Å². The third kappa shape index (κ3) is 3.40. The van der Waals surface area contributed by atoms with Gasteiger partial charge in [0.1, 0.15) is 0 Å². The molecule has 1 aliphatic heterocycles. The van der Waals surface area contributed by atoms with Crippen LogP contribution in [0.4, 0.5) is 0 Å². The molecular formula is C15H23N3O2. The van der Waals surface area contributed by atoms with Gasteiger partial charge in [0.05, 0.1) is 5.92 Å². The molecule has 1 aliphatic rings. The zero-order valence-electron chi connectivity index (χ0n) is 12.4. The molecule has 20 heavy (non-hydrogen) atoms. The number of hydrogen-bond donors (Lipinski definition) is 1. The van der Waals surface area contributed by atoms with Crippen LogP contribution in [0.3, 0.4) is 0 Å². The lowest BCUT2D eigenvalue weighted by Gasteiger charge is -2.17. The monoisotopic (exact) mass is 277 g/mol. The van der Waals surface area contributed by atoms with Crippen molar-refractivity contribution >= 4 is 11.8 Å². The second-order valence-electron chi connectivity index (χ2n) is 5.73. The van der Waals surface area contributed by atoms with E-state index in [1.165, 1.54) is 5.69 Å². The van der Waals surface area contributed by atoms with Crippen LogP contribution in [0.15, 0.2) is 18.3 Å². The lowest BCUT2D eigenvalue weighted by Crippen LogP contribution is -2.38. The average molecular weight is 277 g/mol. The smallest absolute Gasteiger partial charge is 0.225 e. The topological polar surface area (TPSA) is 54.3 Å². The molecule has 2 rings (SSSR count). The van der Waals surface area contributed by atoms with E-state index >= 15 is 0 Å². The molecule has 5 heteroatoms. The fourth-order valence-electron chi connectivity index (χ4n) is 2.59.